The Morgan fingerprint density at radius 3 is 2.77 bits per heavy atom. The molecule has 1 amide bonds. The monoisotopic (exact) mass is 428 g/mol. The number of nitrogens with zero attached hydrogens (tertiary/aromatic N) is 2. The predicted octanol–water partition coefficient (Wildman–Crippen LogP) is 4.24. The van der Waals surface area contributed by atoms with E-state index in [-0.39, 0.29) is 12.1 Å². The summed E-state index contributed by atoms with van der Waals surface area (Å²) < 4.78 is 1.01. The number of amides is 1. The van der Waals surface area contributed by atoms with E-state index in [2.05, 4.69) is 33.1 Å². The van der Waals surface area contributed by atoms with Crippen LogP contribution in [0.1, 0.15) is 23.3 Å². The van der Waals surface area contributed by atoms with Crippen LogP contribution in [0.15, 0.2) is 70.8 Å². The van der Waals surface area contributed by atoms with Gasteiger partial charge in [0.25, 0.3) is 5.91 Å². The molecule has 0 aliphatic carbocycles. The molecule has 0 radical (unpaired) electrons. The number of nitrogens with one attached hydrogen (secondary N) is 2. The van der Waals surface area contributed by atoms with Crippen molar-refractivity contribution < 1.29 is 4.79 Å². The molecule has 132 valence electrons. The number of fused-ring (bicyclic) bond motifs is 3. The van der Waals surface area contributed by atoms with E-state index in [0.29, 0.717) is 10.9 Å². The van der Waals surface area contributed by atoms with Crippen molar-refractivity contribution in [3.8, 4) is 0 Å². The number of anilines is 1. The molecular weight excluding hydrogens is 412 g/mol. The van der Waals surface area contributed by atoms with E-state index in [9.17, 15) is 4.79 Å². The third-order valence-corrected chi connectivity index (χ3v) is 5.67. The number of amidine groups is 1. The Kier molecular flexibility index (Phi) is 4.74. The van der Waals surface area contributed by atoms with E-state index in [0.717, 1.165) is 21.3 Å². The molecule has 2 aromatic carbocycles. The van der Waals surface area contributed by atoms with Crippen molar-refractivity contribution in [3.05, 3.63) is 76.8 Å². The van der Waals surface area contributed by atoms with Crippen LogP contribution in [0.4, 0.5) is 5.69 Å². The molecule has 0 saturated heterocycles. The molecule has 0 aromatic heterocycles. The quantitative estimate of drug-likeness (QED) is 0.717. The maximum absolute atomic E-state index is 12.9. The number of rotatable bonds is 3. The van der Waals surface area contributed by atoms with Gasteiger partial charge < -0.3 is 10.6 Å². The molecule has 2 atom stereocenters. The van der Waals surface area contributed by atoms with Crippen molar-refractivity contribution in [1.82, 2.24) is 10.3 Å². The largest absolute Gasteiger partial charge is 0.360 e. The molecule has 2 aliphatic rings. The Morgan fingerprint density at radius 2 is 2.00 bits per heavy atom. The smallest absolute Gasteiger partial charge is 0.255 e. The van der Waals surface area contributed by atoms with Gasteiger partial charge in [-0.25, -0.2) is 0 Å². The van der Waals surface area contributed by atoms with Crippen LogP contribution in [0.25, 0.3) is 0 Å². The van der Waals surface area contributed by atoms with Crippen LogP contribution < -0.4 is 10.6 Å². The number of hydrazone groups is 1. The molecule has 2 N–H and O–H groups in total. The SMILES string of the molecule is C=CCSC1=NN2[C@H](C(=O)N1)c1ccccc1N[C@H]2c1ccc(Br)cc1. The number of thioether (sulfide) groups is 1. The third-order valence-electron chi connectivity index (χ3n) is 4.29. The predicted molar refractivity (Wildman–Crippen MR) is 110 cm³/mol. The van der Waals surface area contributed by atoms with E-state index in [1.165, 1.54) is 11.8 Å². The Labute approximate surface area is 164 Å². The maximum atomic E-state index is 12.9. The molecule has 2 aromatic rings. The minimum absolute atomic E-state index is 0.0670. The molecule has 2 heterocycles. The molecule has 7 heteroatoms. The van der Waals surface area contributed by atoms with Gasteiger partial charge in [0.2, 0.25) is 0 Å². The summed E-state index contributed by atoms with van der Waals surface area (Å²) in [7, 11) is 0. The molecular formula is C19H17BrN4OS. The van der Waals surface area contributed by atoms with Crippen molar-refractivity contribution in [2.24, 2.45) is 5.10 Å². The summed E-state index contributed by atoms with van der Waals surface area (Å²) in [5.74, 6) is 0.618. The van der Waals surface area contributed by atoms with Gasteiger partial charge in [-0.3, -0.25) is 9.80 Å². The minimum Gasteiger partial charge on any atom is -0.360 e. The molecule has 4 rings (SSSR count). The fraction of sp³-hybridized carbons (Fsp3) is 0.158. The number of hydrogen-bond acceptors (Lipinski definition) is 5. The Morgan fingerprint density at radius 1 is 1.23 bits per heavy atom. The second-order valence-electron chi connectivity index (χ2n) is 5.96. The van der Waals surface area contributed by atoms with E-state index >= 15 is 0 Å². The molecule has 5 nitrogen and oxygen atoms in total. The number of para-hydroxylation sites is 1. The zero-order valence-electron chi connectivity index (χ0n) is 13.9. The first kappa shape index (κ1) is 17.2. The molecule has 0 unspecified atom stereocenters. The standard InChI is InChI=1S/C19H17BrN4OS/c1-2-11-26-19-22-18(25)16-14-5-3-4-6-15(14)21-17(24(16)23-19)12-7-9-13(20)10-8-12/h2-10,16-17,21H,1,11H2,(H,22,23,25)/t16-,17+/m0/s1. The van der Waals surface area contributed by atoms with E-state index < -0.39 is 6.04 Å². The van der Waals surface area contributed by atoms with Crippen LogP contribution >= 0.6 is 27.7 Å². The Hall–Kier alpha value is -2.25. The second kappa shape index (κ2) is 7.17. The molecule has 0 spiro atoms. The van der Waals surface area contributed by atoms with E-state index in [1.54, 1.807) is 6.08 Å². The Bertz CT molecular complexity index is 883. The van der Waals surface area contributed by atoms with Crippen LogP contribution in [0.3, 0.4) is 0 Å². The van der Waals surface area contributed by atoms with Crippen molar-refractivity contribution in [2.75, 3.05) is 11.1 Å². The molecule has 26 heavy (non-hydrogen) atoms. The van der Waals surface area contributed by atoms with Gasteiger partial charge in [0.1, 0.15) is 6.17 Å². The highest BCUT2D eigenvalue weighted by molar-refractivity contribution is 9.10. The van der Waals surface area contributed by atoms with Crippen molar-refractivity contribution in [1.29, 1.82) is 0 Å². The van der Waals surface area contributed by atoms with Gasteiger partial charge in [0.15, 0.2) is 11.2 Å². The highest BCUT2D eigenvalue weighted by atomic mass is 79.9. The maximum Gasteiger partial charge on any atom is 0.255 e. The van der Waals surface area contributed by atoms with Crippen LogP contribution in [0, 0.1) is 0 Å². The van der Waals surface area contributed by atoms with E-state index in [4.69, 9.17) is 5.10 Å². The first-order valence-corrected chi connectivity index (χ1v) is 9.97. The summed E-state index contributed by atoms with van der Waals surface area (Å²) in [5.41, 5.74) is 2.92. The topological polar surface area (TPSA) is 56.7 Å². The summed E-state index contributed by atoms with van der Waals surface area (Å²) in [4.78, 5) is 12.9. The lowest BCUT2D eigenvalue weighted by molar-refractivity contribution is -0.127. The summed E-state index contributed by atoms with van der Waals surface area (Å²) in [6.07, 6.45) is 1.56. The minimum atomic E-state index is -0.464. The number of carbonyl (C=O) groups is 1. The Balaban J connectivity index is 1.79. The first-order valence-electron chi connectivity index (χ1n) is 8.20. The lowest BCUT2D eigenvalue weighted by Crippen LogP contribution is -2.50. The van der Waals surface area contributed by atoms with Gasteiger partial charge >= 0.3 is 0 Å². The zero-order valence-corrected chi connectivity index (χ0v) is 16.3. The lowest BCUT2D eigenvalue weighted by atomic mass is 9.97. The first-order chi connectivity index (χ1) is 12.7. The van der Waals surface area contributed by atoms with Gasteiger partial charge in [-0.1, -0.05) is 64.1 Å². The van der Waals surface area contributed by atoms with Gasteiger partial charge in [-0.05, 0) is 23.8 Å². The second-order valence-corrected chi connectivity index (χ2v) is 7.89. The van der Waals surface area contributed by atoms with Crippen molar-refractivity contribution in [3.63, 3.8) is 0 Å². The van der Waals surface area contributed by atoms with Gasteiger partial charge in [-0.15, -0.1) is 11.7 Å². The summed E-state index contributed by atoms with van der Waals surface area (Å²) >= 11 is 4.93. The van der Waals surface area contributed by atoms with Gasteiger partial charge in [-0.2, -0.15) is 0 Å². The average molecular weight is 429 g/mol. The van der Waals surface area contributed by atoms with Gasteiger partial charge in [0.05, 0.1) is 0 Å². The lowest BCUT2D eigenvalue weighted by Gasteiger charge is -2.43. The third kappa shape index (κ3) is 3.12. The zero-order chi connectivity index (χ0) is 18.1. The number of carbonyl (C=O) groups excluding carboxylic acids is 1. The van der Waals surface area contributed by atoms with Crippen LogP contribution in [-0.2, 0) is 4.79 Å². The summed E-state index contributed by atoms with van der Waals surface area (Å²) in [6, 6.07) is 15.5. The fourth-order valence-electron chi connectivity index (χ4n) is 3.14. The van der Waals surface area contributed by atoms with Crippen molar-refractivity contribution >= 4 is 44.5 Å². The van der Waals surface area contributed by atoms with Crippen LogP contribution in [0.2, 0.25) is 0 Å². The number of hydrogen-bond donors (Lipinski definition) is 2. The van der Waals surface area contributed by atoms with Crippen LogP contribution in [-0.4, -0.2) is 21.8 Å². The van der Waals surface area contributed by atoms with E-state index in [1.807, 2.05) is 53.5 Å². The average Bonchev–Trinajstić information content (AvgIpc) is 2.66. The summed E-state index contributed by atoms with van der Waals surface area (Å²) in [6.45, 7) is 3.73. The number of halogens is 1. The molecule has 0 bridgehead atoms. The number of benzene rings is 2. The summed E-state index contributed by atoms with van der Waals surface area (Å²) in [5, 5.41) is 13.6. The fourth-order valence-corrected chi connectivity index (χ4v) is 4.00. The molecule has 0 saturated carbocycles. The highest BCUT2D eigenvalue weighted by Gasteiger charge is 2.41. The van der Waals surface area contributed by atoms with Crippen molar-refractivity contribution in [2.45, 2.75) is 12.2 Å². The molecule has 2 aliphatic heterocycles. The van der Waals surface area contributed by atoms with Gasteiger partial charge in [0, 0.05) is 21.5 Å². The highest BCUT2D eigenvalue weighted by Crippen LogP contribution is 2.42. The normalized spacial score (nSPS) is 21.0. The molecule has 0 fully saturated rings. The van der Waals surface area contributed by atoms with Crippen LogP contribution in [0.5, 0.6) is 0 Å².